The molecule has 0 saturated carbocycles. The highest BCUT2D eigenvalue weighted by atomic mass is 79.9. The van der Waals surface area contributed by atoms with E-state index in [0.29, 0.717) is 0 Å². The second-order valence-corrected chi connectivity index (χ2v) is 6.82. The highest BCUT2D eigenvalue weighted by Crippen LogP contribution is 2.28. The van der Waals surface area contributed by atoms with E-state index in [2.05, 4.69) is 72.1 Å². The Bertz CT molecular complexity index is 563. The Morgan fingerprint density at radius 1 is 1.28 bits per heavy atom. The standard InChI is InChI=1S/C14H17BrN2S/c1-8-5-6-12(15)7-13(8)16-9(2)14-10(3)18-11(4)17-14/h5-7,9,16H,1-4H3. The van der Waals surface area contributed by atoms with Crippen LogP contribution in [-0.2, 0) is 0 Å². The van der Waals surface area contributed by atoms with E-state index >= 15 is 0 Å². The van der Waals surface area contributed by atoms with Gasteiger partial charge < -0.3 is 5.32 Å². The first-order valence-corrected chi connectivity index (χ1v) is 7.55. The zero-order valence-electron chi connectivity index (χ0n) is 11.0. The molecule has 1 N–H and O–H groups in total. The van der Waals surface area contributed by atoms with E-state index in [4.69, 9.17) is 0 Å². The third kappa shape index (κ3) is 2.93. The summed E-state index contributed by atoms with van der Waals surface area (Å²) in [5.74, 6) is 0. The van der Waals surface area contributed by atoms with Crippen molar-refractivity contribution in [2.45, 2.75) is 33.7 Å². The lowest BCUT2D eigenvalue weighted by molar-refractivity contribution is 0.835. The first-order valence-electron chi connectivity index (χ1n) is 5.94. The number of halogens is 1. The summed E-state index contributed by atoms with van der Waals surface area (Å²) in [6, 6.07) is 6.50. The summed E-state index contributed by atoms with van der Waals surface area (Å²) in [5, 5.41) is 4.66. The molecule has 0 fully saturated rings. The molecule has 2 rings (SSSR count). The van der Waals surface area contributed by atoms with Gasteiger partial charge in [0.1, 0.15) is 0 Å². The molecule has 2 nitrogen and oxygen atoms in total. The van der Waals surface area contributed by atoms with Gasteiger partial charge in [-0.15, -0.1) is 11.3 Å². The van der Waals surface area contributed by atoms with Gasteiger partial charge in [0, 0.05) is 15.0 Å². The lowest BCUT2D eigenvalue weighted by Crippen LogP contribution is -2.09. The molecule has 0 bridgehead atoms. The van der Waals surface area contributed by atoms with Gasteiger partial charge in [-0.2, -0.15) is 0 Å². The smallest absolute Gasteiger partial charge is 0.0901 e. The summed E-state index contributed by atoms with van der Waals surface area (Å²) in [5.41, 5.74) is 3.55. The third-order valence-corrected chi connectivity index (χ3v) is 4.32. The van der Waals surface area contributed by atoms with Crippen molar-refractivity contribution in [2.24, 2.45) is 0 Å². The second-order valence-electron chi connectivity index (χ2n) is 4.50. The average molecular weight is 325 g/mol. The SMILES string of the molecule is Cc1nc(C(C)Nc2cc(Br)ccc2C)c(C)s1. The number of hydrogen-bond donors (Lipinski definition) is 1. The maximum absolute atomic E-state index is 4.60. The fraction of sp³-hybridized carbons (Fsp3) is 0.357. The fourth-order valence-corrected chi connectivity index (χ4v) is 3.27. The monoisotopic (exact) mass is 324 g/mol. The number of benzene rings is 1. The van der Waals surface area contributed by atoms with Crippen LogP contribution in [-0.4, -0.2) is 4.98 Å². The predicted octanol–water partition coefficient (Wildman–Crippen LogP) is 5.00. The van der Waals surface area contributed by atoms with E-state index < -0.39 is 0 Å². The Balaban J connectivity index is 2.23. The van der Waals surface area contributed by atoms with Crippen LogP contribution in [0.3, 0.4) is 0 Å². The molecule has 1 unspecified atom stereocenters. The molecule has 0 aliphatic rings. The quantitative estimate of drug-likeness (QED) is 0.858. The number of nitrogens with zero attached hydrogens (tertiary/aromatic N) is 1. The molecule has 0 amide bonds. The fourth-order valence-electron chi connectivity index (χ4n) is 2.00. The van der Waals surface area contributed by atoms with Gasteiger partial charge in [-0.05, 0) is 45.4 Å². The van der Waals surface area contributed by atoms with Crippen LogP contribution in [0.1, 0.15) is 34.1 Å². The van der Waals surface area contributed by atoms with Crippen LogP contribution < -0.4 is 5.32 Å². The zero-order chi connectivity index (χ0) is 13.3. The van der Waals surface area contributed by atoms with Gasteiger partial charge in [0.15, 0.2) is 0 Å². The predicted molar refractivity (Wildman–Crippen MR) is 82.5 cm³/mol. The minimum absolute atomic E-state index is 0.225. The lowest BCUT2D eigenvalue weighted by atomic mass is 10.1. The average Bonchev–Trinajstić information content (AvgIpc) is 2.63. The first-order chi connectivity index (χ1) is 8.47. The molecule has 96 valence electrons. The van der Waals surface area contributed by atoms with Crippen molar-refractivity contribution in [3.63, 3.8) is 0 Å². The molecule has 0 radical (unpaired) electrons. The molecule has 0 aliphatic carbocycles. The molecule has 0 saturated heterocycles. The van der Waals surface area contributed by atoms with Gasteiger partial charge in [-0.25, -0.2) is 4.98 Å². The van der Waals surface area contributed by atoms with Crippen LogP contribution in [0, 0.1) is 20.8 Å². The molecule has 1 heterocycles. The number of thiazole rings is 1. The number of nitrogens with one attached hydrogen (secondary N) is 1. The Hall–Kier alpha value is -0.870. The Morgan fingerprint density at radius 2 is 2.00 bits per heavy atom. The minimum atomic E-state index is 0.225. The Labute approximate surface area is 121 Å². The van der Waals surface area contributed by atoms with E-state index in [1.54, 1.807) is 11.3 Å². The number of rotatable bonds is 3. The van der Waals surface area contributed by atoms with Crippen LogP contribution >= 0.6 is 27.3 Å². The zero-order valence-corrected chi connectivity index (χ0v) is 13.4. The topological polar surface area (TPSA) is 24.9 Å². The van der Waals surface area contributed by atoms with Crippen LogP contribution in [0.2, 0.25) is 0 Å². The normalized spacial score (nSPS) is 12.5. The van der Waals surface area contributed by atoms with Crippen molar-refractivity contribution in [1.82, 2.24) is 4.98 Å². The summed E-state index contributed by atoms with van der Waals surface area (Å²) in [6.45, 7) is 8.45. The molecule has 4 heteroatoms. The highest BCUT2D eigenvalue weighted by Gasteiger charge is 2.13. The summed E-state index contributed by atoms with van der Waals surface area (Å²) in [4.78, 5) is 5.89. The van der Waals surface area contributed by atoms with Crippen molar-refractivity contribution >= 4 is 33.0 Å². The number of hydrogen-bond acceptors (Lipinski definition) is 3. The van der Waals surface area contributed by atoms with Crippen molar-refractivity contribution in [3.8, 4) is 0 Å². The van der Waals surface area contributed by atoms with Gasteiger partial charge in [-0.3, -0.25) is 0 Å². The van der Waals surface area contributed by atoms with E-state index in [1.807, 2.05) is 0 Å². The van der Waals surface area contributed by atoms with Crippen LogP contribution in [0.5, 0.6) is 0 Å². The largest absolute Gasteiger partial charge is 0.377 e. The van der Waals surface area contributed by atoms with Gasteiger partial charge in [0.2, 0.25) is 0 Å². The second kappa shape index (κ2) is 5.41. The molecular weight excluding hydrogens is 308 g/mol. The van der Waals surface area contributed by atoms with Crippen LogP contribution in [0.25, 0.3) is 0 Å². The Morgan fingerprint density at radius 3 is 2.61 bits per heavy atom. The van der Waals surface area contributed by atoms with Crippen molar-refractivity contribution in [3.05, 3.63) is 43.8 Å². The maximum Gasteiger partial charge on any atom is 0.0901 e. The summed E-state index contributed by atoms with van der Waals surface area (Å²) >= 11 is 5.26. The molecule has 2 aromatic rings. The van der Waals surface area contributed by atoms with Crippen molar-refractivity contribution in [2.75, 3.05) is 5.32 Å². The van der Waals surface area contributed by atoms with Gasteiger partial charge in [0.25, 0.3) is 0 Å². The van der Waals surface area contributed by atoms with E-state index in [-0.39, 0.29) is 6.04 Å². The third-order valence-electron chi connectivity index (χ3n) is 2.92. The number of anilines is 1. The first kappa shape index (κ1) is 13.6. The summed E-state index contributed by atoms with van der Waals surface area (Å²) < 4.78 is 1.09. The van der Waals surface area contributed by atoms with E-state index in [1.165, 1.54) is 10.4 Å². The highest BCUT2D eigenvalue weighted by molar-refractivity contribution is 9.10. The maximum atomic E-state index is 4.60. The number of aryl methyl sites for hydroxylation is 3. The Kier molecular flexibility index (Phi) is 4.07. The van der Waals surface area contributed by atoms with Crippen LogP contribution in [0.4, 0.5) is 5.69 Å². The van der Waals surface area contributed by atoms with Gasteiger partial charge in [-0.1, -0.05) is 22.0 Å². The van der Waals surface area contributed by atoms with Crippen LogP contribution in [0.15, 0.2) is 22.7 Å². The van der Waals surface area contributed by atoms with Gasteiger partial charge >= 0.3 is 0 Å². The summed E-state index contributed by atoms with van der Waals surface area (Å²) in [7, 11) is 0. The summed E-state index contributed by atoms with van der Waals surface area (Å²) in [6.07, 6.45) is 0. The molecule has 1 aromatic heterocycles. The molecular formula is C14H17BrN2S. The molecule has 0 aliphatic heterocycles. The van der Waals surface area contributed by atoms with Gasteiger partial charge in [0.05, 0.1) is 16.7 Å². The molecule has 18 heavy (non-hydrogen) atoms. The number of aromatic nitrogens is 1. The van der Waals surface area contributed by atoms with Crippen molar-refractivity contribution < 1.29 is 0 Å². The van der Waals surface area contributed by atoms with E-state index in [9.17, 15) is 0 Å². The molecule has 0 spiro atoms. The minimum Gasteiger partial charge on any atom is -0.377 e. The van der Waals surface area contributed by atoms with Crippen molar-refractivity contribution in [1.29, 1.82) is 0 Å². The molecule has 1 aromatic carbocycles. The van der Waals surface area contributed by atoms with E-state index in [0.717, 1.165) is 20.9 Å². The lowest BCUT2D eigenvalue weighted by Gasteiger charge is -2.16. The molecule has 1 atom stereocenters.